The van der Waals surface area contributed by atoms with Crippen LogP contribution in [-0.4, -0.2) is 12.5 Å². The number of carbonyl (C=O) groups is 1. The summed E-state index contributed by atoms with van der Waals surface area (Å²) in [6, 6.07) is 13.4. The standard InChI is InChI=1S/C23H30ClNO2/c1-16-13-18(24)9-12-20(16)25-21(26)14-27-19-10-7-17(8-11-19)23(5,6)15-22(2,3)4/h7-13H,14-15H2,1-6H3,(H,25,26). The van der Waals surface area contributed by atoms with E-state index in [9.17, 15) is 4.79 Å². The van der Waals surface area contributed by atoms with E-state index >= 15 is 0 Å². The molecule has 0 aromatic heterocycles. The van der Waals surface area contributed by atoms with Gasteiger partial charge in [-0.1, -0.05) is 58.4 Å². The number of anilines is 1. The summed E-state index contributed by atoms with van der Waals surface area (Å²) in [7, 11) is 0. The second-order valence-corrected chi connectivity index (χ2v) is 9.38. The van der Waals surface area contributed by atoms with Crippen LogP contribution in [0.5, 0.6) is 5.75 Å². The highest BCUT2D eigenvalue weighted by molar-refractivity contribution is 6.30. The van der Waals surface area contributed by atoms with Gasteiger partial charge in [-0.25, -0.2) is 0 Å². The molecule has 0 saturated heterocycles. The first kappa shape index (κ1) is 21.3. The molecule has 3 nitrogen and oxygen atoms in total. The molecular weight excluding hydrogens is 358 g/mol. The summed E-state index contributed by atoms with van der Waals surface area (Å²) in [5, 5.41) is 3.50. The fraction of sp³-hybridized carbons (Fsp3) is 0.435. The van der Waals surface area contributed by atoms with Gasteiger partial charge in [-0.05, 0) is 65.6 Å². The number of carbonyl (C=O) groups excluding carboxylic acids is 1. The van der Waals surface area contributed by atoms with E-state index in [1.54, 1.807) is 12.1 Å². The van der Waals surface area contributed by atoms with Gasteiger partial charge in [-0.15, -0.1) is 0 Å². The summed E-state index contributed by atoms with van der Waals surface area (Å²) < 4.78 is 5.63. The lowest BCUT2D eigenvalue weighted by Crippen LogP contribution is -2.24. The van der Waals surface area contributed by atoms with E-state index in [0.29, 0.717) is 10.8 Å². The molecule has 0 spiro atoms. The quantitative estimate of drug-likeness (QED) is 0.624. The molecule has 2 rings (SSSR count). The number of amides is 1. The van der Waals surface area contributed by atoms with Crippen LogP contribution in [-0.2, 0) is 10.2 Å². The minimum Gasteiger partial charge on any atom is -0.484 e. The van der Waals surface area contributed by atoms with Crippen LogP contribution >= 0.6 is 11.6 Å². The number of nitrogens with one attached hydrogen (secondary N) is 1. The molecule has 0 fully saturated rings. The Morgan fingerprint density at radius 2 is 1.67 bits per heavy atom. The summed E-state index contributed by atoms with van der Waals surface area (Å²) >= 11 is 5.94. The number of ether oxygens (including phenoxy) is 1. The van der Waals surface area contributed by atoms with Crippen LogP contribution in [0.15, 0.2) is 42.5 Å². The second kappa shape index (κ2) is 8.35. The van der Waals surface area contributed by atoms with E-state index in [-0.39, 0.29) is 23.3 Å². The van der Waals surface area contributed by atoms with Gasteiger partial charge in [-0.2, -0.15) is 0 Å². The molecule has 27 heavy (non-hydrogen) atoms. The van der Waals surface area contributed by atoms with E-state index in [1.165, 1.54) is 5.56 Å². The van der Waals surface area contributed by atoms with Gasteiger partial charge in [-0.3, -0.25) is 4.79 Å². The van der Waals surface area contributed by atoms with Crippen molar-refractivity contribution >= 4 is 23.2 Å². The Balaban J connectivity index is 1.93. The molecule has 0 aliphatic heterocycles. The maximum absolute atomic E-state index is 12.1. The molecule has 1 amide bonds. The smallest absolute Gasteiger partial charge is 0.262 e. The van der Waals surface area contributed by atoms with Crippen molar-refractivity contribution in [3.63, 3.8) is 0 Å². The van der Waals surface area contributed by atoms with E-state index in [2.05, 4.69) is 52.1 Å². The zero-order valence-electron chi connectivity index (χ0n) is 17.2. The zero-order valence-corrected chi connectivity index (χ0v) is 17.9. The summed E-state index contributed by atoms with van der Waals surface area (Å²) in [4.78, 5) is 12.1. The van der Waals surface area contributed by atoms with Gasteiger partial charge in [0.2, 0.25) is 0 Å². The molecule has 0 saturated carbocycles. The molecule has 0 aliphatic rings. The van der Waals surface area contributed by atoms with Crippen molar-refractivity contribution in [1.29, 1.82) is 0 Å². The predicted octanol–water partition coefficient (Wildman–Crippen LogP) is 6.38. The average Bonchev–Trinajstić information content (AvgIpc) is 2.54. The molecule has 4 heteroatoms. The van der Waals surface area contributed by atoms with E-state index in [4.69, 9.17) is 16.3 Å². The molecule has 1 N–H and O–H groups in total. The van der Waals surface area contributed by atoms with Crippen LogP contribution in [0, 0.1) is 12.3 Å². The lowest BCUT2D eigenvalue weighted by atomic mass is 9.72. The van der Waals surface area contributed by atoms with Crippen molar-refractivity contribution < 1.29 is 9.53 Å². The summed E-state index contributed by atoms with van der Waals surface area (Å²) in [6.07, 6.45) is 1.09. The van der Waals surface area contributed by atoms with Crippen molar-refractivity contribution in [2.24, 2.45) is 5.41 Å². The highest BCUT2D eigenvalue weighted by atomic mass is 35.5. The molecule has 0 aliphatic carbocycles. The predicted molar refractivity (Wildman–Crippen MR) is 114 cm³/mol. The molecule has 0 atom stereocenters. The Kier molecular flexibility index (Phi) is 6.59. The van der Waals surface area contributed by atoms with Crippen LogP contribution < -0.4 is 10.1 Å². The molecule has 0 heterocycles. The third-order valence-electron chi connectivity index (χ3n) is 4.44. The Labute approximate surface area is 168 Å². The van der Waals surface area contributed by atoms with Gasteiger partial charge >= 0.3 is 0 Å². The van der Waals surface area contributed by atoms with Gasteiger partial charge in [0.25, 0.3) is 5.91 Å². The lowest BCUT2D eigenvalue weighted by Gasteiger charge is -2.33. The van der Waals surface area contributed by atoms with E-state index in [1.807, 2.05) is 25.1 Å². The third-order valence-corrected chi connectivity index (χ3v) is 4.68. The van der Waals surface area contributed by atoms with Gasteiger partial charge in [0.1, 0.15) is 5.75 Å². The number of hydrogen-bond donors (Lipinski definition) is 1. The summed E-state index contributed by atoms with van der Waals surface area (Å²) in [5.41, 5.74) is 3.27. The van der Waals surface area contributed by atoms with Gasteiger partial charge in [0, 0.05) is 10.7 Å². The molecule has 2 aromatic carbocycles. The minimum atomic E-state index is -0.197. The largest absolute Gasteiger partial charge is 0.484 e. The Hall–Kier alpha value is -2.00. The highest BCUT2D eigenvalue weighted by Crippen LogP contribution is 2.36. The second-order valence-electron chi connectivity index (χ2n) is 8.94. The summed E-state index contributed by atoms with van der Waals surface area (Å²) in [6.45, 7) is 13.2. The monoisotopic (exact) mass is 387 g/mol. The van der Waals surface area contributed by atoms with Gasteiger partial charge < -0.3 is 10.1 Å². The third kappa shape index (κ3) is 6.59. The maximum atomic E-state index is 12.1. The first-order chi connectivity index (χ1) is 12.5. The highest BCUT2D eigenvalue weighted by Gasteiger charge is 2.27. The van der Waals surface area contributed by atoms with E-state index < -0.39 is 0 Å². The van der Waals surface area contributed by atoms with Crippen LogP contribution in [0.2, 0.25) is 5.02 Å². The Morgan fingerprint density at radius 3 is 2.22 bits per heavy atom. The molecule has 2 aromatic rings. The maximum Gasteiger partial charge on any atom is 0.262 e. The van der Waals surface area contributed by atoms with Crippen molar-refractivity contribution in [3.05, 3.63) is 58.6 Å². The lowest BCUT2D eigenvalue weighted by molar-refractivity contribution is -0.118. The number of hydrogen-bond acceptors (Lipinski definition) is 2. The van der Waals surface area contributed by atoms with Gasteiger partial charge in [0.15, 0.2) is 6.61 Å². The number of rotatable bonds is 6. The van der Waals surface area contributed by atoms with Crippen molar-refractivity contribution in [1.82, 2.24) is 0 Å². The van der Waals surface area contributed by atoms with Crippen LogP contribution in [0.1, 0.15) is 52.2 Å². The SMILES string of the molecule is Cc1cc(Cl)ccc1NC(=O)COc1ccc(C(C)(C)CC(C)(C)C)cc1. The number of halogens is 1. The Morgan fingerprint density at radius 1 is 1.04 bits per heavy atom. The normalized spacial score (nSPS) is 12.0. The van der Waals surface area contributed by atoms with Crippen molar-refractivity contribution in [2.45, 2.75) is 53.4 Å². The van der Waals surface area contributed by atoms with Crippen molar-refractivity contribution in [2.75, 3.05) is 11.9 Å². The summed E-state index contributed by atoms with van der Waals surface area (Å²) in [5.74, 6) is 0.492. The fourth-order valence-corrected chi connectivity index (χ4v) is 3.76. The topological polar surface area (TPSA) is 38.3 Å². The first-order valence-corrected chi connectivity index (χ1v) is 9.63. The van der Waals surface area contributed by atoms with Crippen molar-refractivity contribution in [3.8, 4) is 5.75 Å². The molecule has 0 bridgehead atoms. The fourth-order valence-electron chi connectivity index (χ4n) is 3.53. The average molecular weight is 388 g/mol. The molecule has 146 valence electrons. The molecule has 0 unspecified atom stereocenters. The minimum absolute atomic E-state index is 0.0349. The number of benzene rings is 2. The molecular formula is C23H30ClNO2. The molecule has 0 radical (unpaired) electrons. The van der Waals surface area contributed by atoms with Crippen LogP contribution in [0.25, 0.3) is 0 Å². The van der Waals surface area contributed by atoms with Crippen LogP contribution in [0.4, 0.5) is 5.69 Å². The van der Waals surface area contributed by atoms with Gasteiger partial charge in [0.05, 0.1) is 0 Å². The Bertz CT molecular complexity index is 789. The first-order valence-electron chi connectivity index (χ1n) is 9.26. The zero-order chi connectivity index (χ0) is 20.2. The van der Waals surface area contributed by atoms with E-state index in [0.717, 1.165) is 17.7 Å². The number of aryl methyl sites for hydroxylation is 1. The van der Waals surface area contributed by atoms with Crippen LogP contribution in [0.3, 0.4) is 0 Å².